The summed E-state index contributed by atoms with van der Waals surface area (Å²) >= 11 is 0. The molecule has 0 amide bonds. The van der Waals surface area contributed by atoms with Crippen molar-refractivity contribution in [2.24, 2.45) is 0 Å². The molecule has 0 radical (unpaired) electrons. The van der Waals surface area contributed by atoms with Gasteiger partial charge in [-0.05, 0) is 70.7 Å². The third-order valence-electron chi connectivity index (χ3n) is 7.06. The van der Waals surface area contributed by atoms with Gasteiger partial charge in [-0.1, -0.05) is 63.2 Å². The zero-order valence-corrected chi connectivity index (χ0v) is 23.8. The average Bonchev–Trinajstić information content (AvgIpc) is 3.39. The van der Waals surface area contributed by atoms with Gasteiger partial charge in [0.25, 0.3) is 0 Å². The van der Waals surface area contributed by atoms with Crippen LogP contribution in [0, 0.1) is 0 Å². The first kappa shape index (κ1) is 27.4. The lowest BCUT2D eigenvalue weighted by Crippen LogP contribution is -2.41. The van der Waals surface area contributed by atoms with E-state index in [0.717, 1.165) is 41.4 Å². The highest BCUT2D eigenvalue weighted by Gasteiger charge is 2.36. The predicted octanol–water partition coefficient (Wildman–Crippen LogP) is 6.59. The Balaban J connectivity index is 1.26. The van der Waals surface area contributed by atoms with Crippen LogP contribution in [-0.2, 0) is 22.4 Å². The summed E-state index contributed by atoms with van der Waals surface area (Å²) in [5.41, 5.74) is 4.62. The van der Waals surface area contributed by atoms with Crippen LogP contribution in [-0.4, -0.2) is 40.0 Å². The molecule has 37 heavy (non-hydrogen) atoms. The standard InChI is InChI=1S/C30H40N2O4Si/c1-30(2,3)37(4,5)36-18-17-33-28-15-11-26(12-16-28)27-8-6-7-25(19-27)21-34-29-13-9-24(10-14-29)20-32-22-31-23-35-32/h6-16,19,31H,17-18,20-23H2,1-5H3. The summed E-state index contributed by atoms with van der Waals surface area (Å²) in [4.78, 5) is 5.47. The number of hydrogen-bond donors (Lipinski definition) is 1. The van der Waals surface area contributed by atoms with Gasteiger partial charge >= 0.3 is 0 Å². The van der Waals surface area contributed by atoms with E-state index in [1.165, 1.54) is 5.56 Å². The van der Waals surface area contributed by atoms with Crippen molar-refractivity contribution in [2.45, 2.75) is 52.1 Å². The first-order valence-corrected chi connectivity index (χ1v) is 15.9. The minimum absolute atomic E-state index is 0.208. The molecule has 3 aromatic carbocycles. The summed E-state index contributed by atoms with van der Waals surface area (Å²) in [6.45, 7) is 15.1. The quantitative estimate of drug-likeness (QED) is 0.228. The number of hydroxylamine groups is 2. The highest BCUT2D eigenvalue weighted by atomic mass is 28.4. The van der Waals surface area contributed by atoms with Crippen molar-refractivity contribution in [3.63, 3.8) is 0 Å². The number of ether oxygens (including phenoxy) is 2. The Hall–Kier alpha value is -2.68. The van der Waals surface area contributed by atoms with Crippen LogP contribution in [0.1, 0.15) is 31.9 Å². The van der Waals surface area contributed by atoms with Crippen LogP contribution in [0.15, 0.2) is 72.8 Å². The van der Waals surface area contributed by atoms with E-state index in [2.05, 4.69) is 87.7 Å². The third-order valence-corrected chi connectivity index (χ3v) is 11.6. The molecule has 6 nitrogen and oxygen atoms in total. The fourth-order valence-electron chi connectivity index (χ4n) is 3.77. The first-order valence-electron chi connectivity index (χ1n) is 13.0. The average molecular weight is 521 g/mol. The van der Waals surface area contributed by atoms with Crippen LogP contribution in [0.2, 0.25) is 18.1 Å². The Labute approximate surface area is 222 Å². The largest absolute Gasteiger partial charge is 0.491 e. The second-order valence-corrected chi connectivity index (χ2v) is 15.7. The van der Waals surface area contributed by atoms with E-state index in [0.29, 0.717) is 26.6 Å². The molecule has 7 heteroatoms. The van der Waals surface area contributed by atoms with E-state index in [1.54, 1.807) is 0 Å². The van der Waals surface area contributed by atoms with Crippen LogP contribution in [0.25, 0.3) is 11.1 Å². The van der Waals surface area contributed by atoms with Crippen molar-refractivity contribution in [1.29, 1.82) is 0 Å². The van der Waals surface area contributed by atoms with Gasteiger partial charge in [-0.2, -0.15) is 5.06 Å². The number of nitrogens with one attached hydrogen (secondary N) is 1. The van der Waals surface area contributed by atoms with Gasteiger partial charge in [0.2, 0.25) is 0 Å². The van der Waals surface area contributed by atoms with Gasteiger partial charge in [0.1, 0.15) is 31.4 Å². The number of hydrogen-bond acceptors (Lipinski definition) is 6. The van der Waals surface area contributed by atoms with Crippen molar-refractivity contribution in [3.05, 3.63) is 83.9 Å². The summed E-state index contributed by atoms with van der Waals surface area (Å²) < 4.78 is 18.2. The molecule has 1 aliphatic heterocycles. The summed E-state index contributed by atoms with van der Waals surface area (Å²) in [6.07, 6.45) is 0. The van der Waals surface area contributed by atoms with Gasteiger partial charge in [-0.15, -0.1) is 0 Å². The molecule has 0 saturated carbocycles. The summed E-state index contributed by atoms with van der Waals surface area (Å²) in [5, 5.41) is 5.26. The van der Waals surface area contributed by atoms with Crippen molar-refractivity contribution < 1.29 is 18.7 Å². The first-order chi connectivity index (χ1) is 17.7. The van der Waals surface area contributed by atoms with Crippen molar-refractivity contribution in [3.8, 4) is 22.6 Å². The second-order valence-electron chi connectivity index (χ2n) is 10.9. The summed E-state index contributed by atoms with van der Waals surface area (Å²) in [6, 6.07) is 24.9. The zero-order valence-electron chi connectivity index (χ0n) is 22.8. The molecule has 0 spiro atoms. The normalized spacial score (nSPS) is 14.6. The minimum Gasteiger partial charge on any atom is -0.491 e. The van der Waals surface area contributed by atoms with E-state index in [1.807, 2.05) is 29.3 Å². The lowest BCUT2D eigenvalue weighted by Gasteiger charge is -2.36. The second kappa shape index (κ2) is 12.2. The molecule has 1 fully saturated rings. The van der Waals surface area contributed by atoms with E-state index < -0.39 is 8.32 Å². The molecule has 0 bridgehead atoms. The van der Waals surface area contributed by atoms with E-state index >= 15 is 0 Å². The maximum absolute atomic E-state index is 6.20. The van der Waals surface area contributed by atoms with Crippen LogP contribution in [0.5, 0.6) is 11.5 Å². The van der Waals surface area contributed by atoms with E-state index in [9.17, 15) is 0 Å². The molecule has 1 N–H and O–H groups in total. The topological polar surface area (TPSA) is 52.2 Å². The SMILES string of the molecule is CC(C)(C)[Si](C)(C)OCCOc1ccc(-c2cccc(COc3ccc(CN4CNCO4)cc3)c2)cc1. The van der Waals surface area contributed by atoms with Gasteiger partial charge in [0, 0.05) is 0 Å². The van der Waals surface area contributed by atoms with Crippen molar-refractivity contribution in [2.75, 3.05) is 26.6 Å². The fraction of sp³-hybridized carbons (Fsp3) is 0.400. The highest BCUT2D eigenvalue weighted by Crippen LogP contribution is 2.36. The molecule has 0 atom stereocenters. The Kier molecular flexibility index (Phi) is 9.05. The predicted molar refractivity (Wildman–Crippen MR) is 151 cm³/mol. The van der Waals surface area contributed by atoms with Crippen molar-refractivity contribution >= 4 is 8.32 Å². The molecular formula is C30H40N2O4Si. The maximum atomic E-state index is 6.20. The van der Waals surface area contributed by atoms with Crippen LogP contribution in [0.3, 0.4) is 0 Å². The molecular weight excluding hydrogens is 480 g/mol. The van der Waals surface area contributed by atoms with Gasteiger partial charge in [0.15, 0.2) is 8.32 Å². The monoisotopic (exact) mass is 520 g/mol. The Morgan fingerprint density at radius 1 is 0.838 bits per heavy atom. The van der Waals surface area contributed by atoms with Gasteiger partial charge in [-0.25, -0.2) is 0 Å². The van der Waals surface area contributed by atoms with Crippen molar-refractivity contribution in [1.82, 2.24) is 10.4 Å². The van der Waals surface area contributed by atoms with E-state index in [-0.39, 0.29) is 5.04 Å². The van der Waals surface area contributed by atoms with Crippen LogP contribution >= 0.6 is 0 Å². The number of nitrogens with zero attached hydrogens (tertiary/aromatic N) is 1. The smallest absolute Gasteiger partial charge is 0.192 e. The van der Waals surface area contributed by atoms with Gasteiger partial charge in [0.05, 0.1) is 19.8 Å². The third kappa shape index (κ3) is 7.90. The molecule has 0 unspecified atom stereocenters. The lowest BCUT2D eigenvalue weighted by molar-refractivity contribution is -0.117. The molecule has 198 valence electrons. The molecule has 0 aliphatic carbocycles. The highest BCUT2D eigenvalue weighted by molar-refractivity contribution is 6.74. The molecule has 3 aromatic rings. The molecule has 1 aliphatic rings. The lowest BCUT2D eigenvalue weighted by atomic mass is 10.0. The fourth-order valence-corrected chi connectivity index (χ4v) is 4.80. The molecule has 0 aromatic heterocycles. The Bertz CT molecular complexity index is 1120. The van der Waals surface area contributed by atoms with E-state index in [4.69, 9.17) is 18.7 Å². The number of benzene rings is 3. The summed E-state index contributed by atoms with van der Waals surface area (Å²) in [7, 11) is -1.74. The van der Waals surface area contributed by atoms with Gasteiger partial charge < -0.3 is 13.9 Å². The van der Waals surface area contributed by atoms with Crippen LogP contribution in [0.4, 0.5) is 0 Å². The molecule has 1 saturated heterocycles. The molecule has 4 rings (SSSR count). The minimum atomic E-state index is -1.74. The number of rotatable bonds is 11. The Morgan fingerprint density at radius 2 is 1.54 bits per heavy atom. The summed E-state index contributed by atoms with van der Waals surface area (Å²) in [5.74, 6) is 1.71. The zero-order chi connectivity index (χ0) is 26.3. The molecule has 1 heterocycles. The Morgan fingerprint density at radius 3 is 2.22 bits per heavy atom. The van der Waals surface area contributed by atoms with Gasteiger partial charge in [-0.3, -0.25) is 10.2 Å². The van der Waals surface area contributed by atoms with Crippen LogP contribution < -0.4 is 14.8 Å². The maximum Gasteiger partial charge on any atom is 0.192 e.